The van der Waals surface area contributed by atoms with Crippen LogP contribution in [0.15, 0.2) is 97.1 Å². The maximum absolute atomic E-state index is 13.7. The Morgan fingerprint density at radius 3 is 2.36 bits per heavy atom. The fourth-order valence-corrected chi connectivity index (χ4v) is 4.98. The van der Waals surface area contributed by atoms with Gasteiger partial charge in [0.05, 0.1) is 13.2 Å². The zero-order chi connectivity index (χ0) is 27.2. The lowest BCUT2D eigenvalue weighted by Gasteiger charge is -2.44. The molecule has 1 aliphatic rings. The van der Waals surface area contributed by atoms with Gasteiger partial charge in [-0.3, -0.25) is 0 Å². The number of halogens is 1. The summed E-state index contributed by atoms with van der Waals surface area (Å²) in [6, 6.07) is 31.4. The minimum atomic E-state index is -0.606. The number of hydrogen-bond donors (Lipinski definition) is 1. The quantitative estimate of drug-likeness (QED) is 0.229. The molecule has 0 amide bonds. The summed E-state index contributed by atoms with van der Waals surface area (Å²) in [4.78, 5) is 0. The van der Waals surface area contributed by atoms with Crippen LogP contribution in [0.25, 0.3) is 0 Å². The SMILES string of the molecule is Cc1ccc(COC2C(OCCc3ccccc3)c3cc(NCc4cccc(F)c4)ccc3OC2(C)C)cc1. The zero-order valence-electron chi connectivity index (χ0n) is 22.8. The van der Waals surface area contributed by atoms with Gasteiger partial charge in [0.1, 0.15) is 29.4 Å². The van der Waals surface area contributed by atoms with E-state index in [1.54, 1.807) is 12.1 Å². The molecule has 0 aliphatic carbocycles. The van der Waals surface area contributed by atoms with Crippen molar-refractivity contribution in [2.24, 2.45) is 0 Å². The smallest absolute Gasteiger partial charge is 0.132 e. The summed E-state index contributed by atoms with van der Waals surface area (Å²) in [6.45, 7) is 7.71. The number of rotatable bonds is 10. The molecular weight excluding hydrogens is 489 g/mol. The lowest BCUT2D eigenvalue weighted by Crippen LogP contribution is -2.51. The van der Waals surface area contributed by atoms with Gasteiger partial charge in [0, 0.05) is 17.8 Å². The van der Waals surface area contributed by atoms with Crippen LogP contribution in [0.2, 0.25) is 0 Å². The Morgan fingerprint density at radius 2 is 1.59 bits per heavy atom. The van der Waals surface area contributed by atoms with Gasteiger partial charge in [-0.25, -0.2) is 4.39 Å². The second-order valence-corrected chi connectivity index (χ2v) is 10.7. The average molecular weight is 526 g/mol. The molecule has 0 fully saturated rings. The highest BCUT2D eigenvalue weighted by atomic mass is 19.1. The first-order chi connectivity index (χ1) is 18.9. The van der Waals surface area contributed by atoms with Crippen molar-refractivity contribution in [1.29, 1.82) is 0 Å². The second kappa shape index (κ2) is 12.0. The van der Waals surface area contributed by atoms with E-state index in [1.807, 2.05) is 36.4 Å². The molecule has 4 aromatic carbocycles. The van der Waals surface area contributed by atoms with E-state index >= 15 is 0 Å². The Morgan fingerprint density at radius 1 is 0.821 bits per heavy atom. The molecule has 202 valence electrons. The van der Waals surface area contributed by atoms with Crippen LogP contribution in [-0.2, 0) is 29.0 Å². The van der Waals surface area contributed by atoms with Crippen LogP contribution in [0.4, 0.5) is 10.1 Å². The number of aryl methyl sites for hydroxylation is 1. The lowest BCUT2D eigenvalue weighted by atomic mass is 9.87. The molecule has 39 heavy (non-hydrogen) atoms. The molecule has 4 aromatic rings. The molecule has 0 radical (unpaired) electrons. The average Bonchev–Trinajstić information content (AvgIpc) is 2.93. The van der Waals surface area contributed by atoms with Crippen molar-refractivity contribution in [3.8, 4) is 5.75 Å². The molecule has 0 saturated carbocycles. The van der Waals surface area contributed by atoms with E-state index in [4.69, 9.17) is 14.2 Å². The first-order valence-corrected chi connectivity index (χ1v) is 13.5. The highest BCUT2D eigenvalue weighted by molar-refractivity contribution is 5.54. The first kappa shape index (κ1) is 26.9. The van der Waals surface area contributed by atoms with Gasteiger partial charge >= 0.3 is 0 Å². The van der Waals surface area contributed by atoms with E-state index in [0.717, 1.165) is 34.5 Å². The Kier molecular flexibility index (Phi) is 8.30. The highest BCUT2D eigenvalue weighted by Gasteiger charge is 2.45. The highest BCUT2D eigenvalue weighted by Crippen LogP contribution is 2.44. The third-order valence-electron chi connectivity index (χ3n) is 7.12. The van der Waals surface area contributed by atoms with Crippen LogP contribution in [0.1, 0.15) is 47.8 Å². The molecule has 0 aromatic heterocycles. The third-order valence-corrected chi connectivity index (χ3v) is 7.12. The summed E-state index contributed by atoms with van der Waals surface area (Å²) in [5.41, 5.74) is 5.68. The van der Waals surface area contributed by atoms with Crippen LogP contribution in [0.5, 0.6) is 5.75 Å². The van der Waals surface area contributed by atoms with Crippen molar-refractivity contribution >= 4 is 5.69 Å². The summed E-state index contributed by atoms with van der Waals surface area (Å²) >= 11 is 0. The molecule has 2 atom stereocenters. The van der Waals surface area contributed by atoms with E-state index in [-0.39, 0.29) is 18.0 Å². The molecule has 1 N–H and O–H groups in total. The summed E-state index contributed by atoms with van der Waals surface area (Å²) in [7, 11) is 0. The fourth-order valence-electron chi connectivity index (χ4n) is 4.98. The van der Waals surface area contributed by atoms with Gasteiger partial charge in [0.25, 0.3) is 0 Å². The van der Waals surface area contributed by atoms with Crippen molar-refractivity contribution in [3.63, 3.8) is 0 Å². The van der Waals surface area contributed by atoms with Crippen LogP contribution >= 0.6 is 0 Å². The van der Waals surface area contributed by atoms with Crippen molar-refractivity contribution < 1.29 is 18.6 Å². The summed E-state index contributed by atoms with van der Waals surface area (Å²) < 4.78 is 33.3. The number of fused-ring (bicyclic) bond motifs is 1. The van der Waals surface area contributed by atoms with Gasteiger partial charge in [0.15, 0.2) is 0 Å². The molecule has 1 aliphatic heterocycles. The Bertz CT molecular complexity index is 1370. The molecule has 5 heteroatoms. The number of anilines is 1. The maximum atomic E-state index is 13.7. The zero-order valence-corrected chi connectivity index (χ0v) is 22.8. The predicted octanol–water partition coefficient (Wildman–Crippen LogP) is 7.80. The van der Waals surface area contributed by atoms with E-state index < -0.39 is 5.60 Å². The van der Waals surface area contributed by atoms with Gasteiger partial charge in [-0.05, 0) is 74.2 Å². The van der Waals surface area contributed by atoms with E-state index in [9.17, 15) is 4.39 Å². The molecule has 0 spiro atoms. The number of benzene rings is 4. The van der Waals surface area contributed by atoms with Crippen LogP contribution in [0, 0.1) is 12.7 Å². The molecule has 0 saturated heterocycles. The largest absolute Gasteiger partial charge is 0.485 e. The topological polar surface area (TPSA) is 39.7 Å². The second-order valence-electron chi connectivity index (χ2n) is 10.7. The van der Waals surface area contributed by atoms with Crippen molar-refractivity contribution in [2.75, 3.05) is 11.9 Å². The summed E-state index contributed by atoms with van der Waals surface area (Å²) in [6.07, 6.45) is 0.144. The van der Waals surface area contributed by atoms with Gasteiger partial charge < -0.3 is 19.5 Å². The normalized spacial score (nSPS) is 17.7. The maximum Gasteiger partial charge on any atom is 0.132 e. The van der Waals surface area contributed by atoms with Gasteiger partial charge in [-0.2, -0.15) is 0 Å². The molecule has 5 rings (SSSR count). The van der Waals surface area contributed by atoms with Crippen LogP contribution in [0.3, 0.4) is 0 Å². The standard InChI is InChI=1S/C34H36FNO3/c1-24-12-14-26(15-13-24)23-38-33-32(37-19-18-25-8-5-4-6-9-25)30-21-29(16-17-31(30)39-34(33,2)3)36-22-27-10-7-11-28(35)20-27/h4-17,20-21,32-33,36H,18-19,22-23H2,1-3H3. The fraction of sp³-hybridized carbons (Fsp3) is 0.294. The Labute approximate surface area is 230 Å². The van der Waals surface area contributed by atoms with Crippen LogP contribution < -0.4 is 10.1 Å². The number of nitrogens with one attached hydrogen (secondary N) is 1. The number of ether oxygens (including phenoxy) is 3. The third kappa shape index (κ3) is 6.86. The summed E-state index contributed by atoms with van der Waals surface area (Å²) in [5.74, 6) is 0.548. The van der Waals surface area contributed by atoms with Gasteiger partial charge in [0.2, 0.25) is 0 Å². The van der Waals surface area contributed by atoms with E-state index in [2.05, 4.69) is 68.6 Å². The van der Waals surface area contributed by atoms with Crippen LogP contribution in [-0.4, -0.2) is 18.3 Å². The van der Waals surface area contributed by atoms with Crippen molar-refractivity contribution in [2.45, 2.75) is 58.2 Å². The Balaban J connectivity index is 1.39. The predicted molar refractivity (Wildman–Crippen MR) is 153 cm³/mol. The van der Waals surface area contributed by atoms with Gasteiger partial charge in [-0.15, -0.1) is 0 Å². The van der Waals surface area contributed by atoms with Crippen molar-refractivity contribution in [1.82, 2.24) is 0 Å². The van der Waals surface area contributed by atoms with Gasteiger partial charge in [-0.1, -0.05) is 72.3 Å². The summed E-state index contributed by atoms with van der Waals surface area (Å²) in [5, 5.41) is 3.42. The molecule has 4 nitrogen and oxygen atoms in total. The van der Waals surface area contributed by atoms with E-state index in [1.165, 1.54) is 17.2 Å². The molecule has 1 heterocycles. The van der Waals surface area contributed by atoms with E-state index in [0.29, 0.717) is 19.8 Å². The monoisotopic (exact) mass is 525 g/mol. The molecule has 0 bridgehead atoms. The number of hydrogen-bond acceptors (Lipinski definition) is 4. The van der Waals surface area contributed by atoms with Crippen molar-refractivity contribution in [3.05, 3.63) is 131 Å². The Hall–Kier alpha value is -3.67. The molecule has 2 unspecified atom stereocenters. The minimum absolute atomic E-state index is 0.240. The molecular formula is C34H36FNO3. The lowest BCUT2D eigenvalue weighted by molar-refractivity contribution is -0.167. The minimum Gasteiger partial charge on any atom is -0.485 e. The first-order valence-electron chi connectivity index (χ1n) is 13.5.